The molecule has 2 aromatic carbocycles. The van der Waals surface area contributed by atoms with Crippen LogP contribution in [0.5, 0.6) is 11.5 Å². The van der Waals surface area contributed by atoms with Crippen molar-refractivity contribution in [2.24, 2.45) is 0 Å². The lowest BCUT2D eigenvalue weighted by Crippen LogP contribution is -1.81. The van der Waals surface area contributed by atoms with Gasteiger partial charge in [0.15, 0.2) is 5.82 Å². The van der Waals surface area contributed by atoms with Gasteiger partial charge in [-0.05, 0) is 35.9 Å². The van der Waals surface area contributed by atoms with Gasteiger partial charge in [0.1, 0.15) is 17.3 Å². The summed E-state index contributed by atoms with van der Waals surface area (Å²) in [6.45, 7) is 0. The van der Waals surface area contributed by atoms with Gasteiger partial charge in [-0.15, -0.1) is 0 Å². The Bertz CT molecular complexity index is 793. The van der Waals surface area contributed by atoms with Crippen molar-refractivity contribution in [3.05, 3.63) is 59.9 Å². The van der Waals surface area contributed by atoms with Crippen LogP contribution < -0.4 is 0 Å². The lowest BCUT2D eigenvalue weighted by molar-refractivity contribution is 0.475. The number of hydrogen-bond acceptors (Lipinski definition) is 4. The monoisotopic (exact) mass is 279 g/mol. The second-order valence-electron chi connectivity index (χ2n) is 4.49. The highest BCUT2D eigenvalue weighted by atomic mass is 16.3. The summed E-state index contributed by atoms with van der Waals surface area (Å²) in [7, 11) is 0. The average Bonchev–Trinajstić information content (AvgIpc) is 2.94. The zero-order chi connectivity index (χ0) is 14.7. The molecule has 1 heterocycles. The van der Waals surface area contributed by atoms with E-state index in [2.05, 4.69) is 15.2 Å². The molecule has 104 valence electrons. The maximum absolute atomic E-state index is 9.77. The minimum Gasteiger partial charge on any atom is -0.508 e. The van der Waals surface area contributed by atoms with Gasteiger partial charge in [0, 0.05) is 0 Å². The molecule has 3 aromatic rings. The molecule has 0 amide bonds. The van der Waals surface area contributed by atoms with E-state index >= 15 is 0 Å². The van der Waals surface area contributed by atoms with Gasteiger partial charge in [0.05, 0.1) is 5.56 Å². The molecule has 21 heavy (non-hydrogen) atoms. The number of para-hydroxylation sites is 1. The number of phenolic OH excluding ortho intramolecular Hbond substituents is 2. The van der Waals surface area contributed by atoms with Crippen molar-refractivity contribution in [1.82, 2.24) is 15.2 Å². The molecule has 0 saturated heterocycles. The SMILES string of the molecule is Oc1cccc(/C=C/c2nc(-c3ccccc3O)n[nH]2)c1. The standard InChI is InChI=1S/C16H13N3O2/c20-12-5-3-4-11(10-12)8-9-15-17-16(19-18-15)13-6-1-2-7-14(13)21/h1-10,20-21H,(H,17,18,19)/b9-8+. The smallest absolute Gasteiger partial charge is 0.185 e. The molecule has 0 fully saturated rings. The second kappa shape index (κ2) is 5.50. The lowest BCUT2D eigenvalue weighted by atomic mass is 10.2. The van der Waals surface area contributed by atoms with Crippen LogP contribution in [0.1, 0.15) is 11.4 Å². The summed E-state index contributed by atoms with van der Waals surface area (Å²) in [5.74, 6) is 1.35. The highest BCUT2D eigenvalue weighted by molar-refractivity contribution is 5.69. The minimum atomic E-state index is 0.139. The van der Waals surface area contributed by atoms with E-state index in [0.29, 0.717) is 17.2 Å². The molecule has 0 aliphatic heterocycles. The molecule has 3 N–H and O–H groups in total. The van der Waals surface area contributed by atoms with Gasteiger partial charge in [-0.3, -0.25) is 5.10 Å². The van der Waals surface area contributed by atoms with Crippen molar-refractivity contribution in [2.45, 2.75) is 0 Å². The van der Waals surface area contributed by atoms with Crippen LogP contribution in [0.2, 0.25) is 0 Å². The molecule has 3 rings (SSSR count). The van der Waals surface area contributed by atoms with Crippen molar-refractivity contribution in [1.29, 1.82) is 0 Å². The molecule has 0 radical (unpaired) electrons. The molecular formula is C16H13N3O2. The maximum Gasteiger partial charge on any atom is 0.185 e. The zero-order valence-corrected chi connectivity index (χ0v) is 11.1. The lowest BCUT2D eigenvalue weighted by Gasteiger charge is -1.97. The Morgan fingerprint density at radius 2 is 1.81 bits per heavy atom. The summed E-state index contributed by atoms with van der Waals surface area (Å²) < 4.78 is 0. The van der Waals surface area contributed by atoms with Crippen LogP contribution in [0.25, 0.3) is 23.5 Å². The molecule has 5 nitrogen and oxygen atoms in total. The van der Waals surface area contributed by atoms with Gasteiger partial charge in [0.2, 0.25) is 0 Å². The topological polar surface area (TPSA) is 82.0 Å². The largest absolute Gasteiger partial charge is 0.508 e. The van der Waals surface area contributed by atoms with Crippen LogP contribution in [-0.2, 0) is 0 Å². The summed E-state index contributed by atoms with van der Waals surface area (Å²) in [6, 6.07) is 13.8. The van der Waals surface area contributed by atoms with E-state index in [-0.39, 0.29) is 11.5 Å². The molecule has 5 heteroatoms. The number of nitrogens with one attached hydrogen (secondary N) is 1. The Hall–Kier alpha value is -3.08. The first-order valence-corrected chi connectivity index (χ1v) is 6.40. The first-order valence-electron chi connectivity index (χ1n) is 6.40. The summed E-state index contributed by atoms with van der Waals surface area (Å²) >= 11 is 0. The Balaban J connectivity index is 1.84. The first kappa shape index (κ1) is 12.9. The Labute approximate surface area is 121 Å². The Kier molecular flexibility index (Phi) is 3.39. The quantitative estimate of drug-likeness (QED) is 0.688. The highest BCUT2D eigenvalue weighted by Gasteiger charge is 2.08. The van der Waals surface area contributed by atoms with Gasteiger partial charge in [-0.25, -0.2) is 4.98 Å². The Morgan fingerprint density at radius 1 is 0.952 bits per heavy atom. The molecular weight excluding hydrogens is 266 g/mol. The van der Waals surface area contributed by atoms with E-state index in [1.165, 1.54) is 0 Å². The highest BCUT2D eigenvalue weighted by Crippen LogP contribution is 2.25. The van der Waals surface area contributed by atoms with Crippen molar-refractivity contribution in [3.63, 3.8) is 0 Å². The number of benzene rings is 2. The molecule has 0 aliphatic rings. The van der Waals surface area contributed by atoms with E-state index in [4.69, 9.17) is 0 Å². The predicted molar refractivity (Wildman–Crippen MR) is 80.5 cm³/mol. The van der Waals surface area contributed by atoms with E-state index in [9.17, 15) is 10.2 Å². The third-order valence-corrected chi connectivity index (χ3v) is 2.95. The van der Waals surface area contributed by atoms with Crippen molar-refractivity contribution in [2.75, 3.05) is 0 Å². The fourth-order valence-corrected chi connectivity index (χ4v) is 1.94. The van der Waals surface area contributed by atoms with E-state index in [0.717, 1.165) is 5.56 Å². The van der Waals surface area contributed by atoms with Crippen molar-refractivity contribution >= 4 is 12.2 Å². The number of H-pyrrole nitrogens is 1. The molecule has 0 spiro atoms. The summed E-state index contributed by atoms with van der Waals surface area (Å²) in [6.07, 6.45) is 3.57. The Morgan fingerprint density at radius 3 is 2.62 bits per heavy atom. The van der Waals surface area contributed by atoms with Gasteiger partial charge in [-0.1, -0.05) is 30.3 Å². The summed E-state index contributed by atoms with van der Waals surface area (Å²) in [4.78, 5) is 4.30. The van der Waals surface area contributed by atoms with Crippen LogP contribution >= 0.6 is 0 Å². The number of nitrogens with zero attached hydrogens (tertiary/aromatic N) is 2. The third kappa shape index (κ3) is 2.92. The molecule has 0 bridgehead atoms. The van der Waals surface area contributed by atoms with Crippen LogP contribution in [0, 0.1) is 0 Å². The molecule has 0 unspecified atom stereocenters. The first-order chi connectivity index (χ1) is 10.2. The summed E-state index contributed by atoms with van der Waals surface area (Å²) in [5.41, 5.74) is 1.43. The van der Waals surface area contributed by atoms with Crippen LogP contribution in [0.15, 0.2) is 48.5 Å². The molecule has 0 aliphatic carbocycles. The number of aromatic nitrogens is 3. The number of rotatable bonds is 3. The van der Waals surface area contributed by atoms with Crippen LogP contribution in [-0.4, -0.2) is 25.4 Å². The molecule has 1 aromatic heterocycles. The van der Waals surface area contributed by atoms with Gasteiger partial charge in [0.25, 0.3) is 0 Å². The van der Waals surface area contributed by atoms with Gasteiger partial charge < -0.3 is 10.2 Å². The average molecular weight is 279 g/mol. The fourth-order valence-electron chi connectivity index (χ4n) is 1.94. The fraction of sp³-hybridized carbons (Fsp3) is 0. The maximum atomic E-state index is 9.77. The number of aromatic amines is 1. The van der Waals surface area contributed by atoms with Gasteiger partial charge in [-0.2, -0.15) is 5.10 Å². The number of phenols is 2. The van der Waals surface area contributed by atoms with Crippen LogP contribution in [0.4, 0.5) is 0 Å². The van der Waals surface area contributed by atoms with E-state index < -0.39 is 0 Å². The molecule has 0 saturated carbocycles. The second-order valence-corrected chi connectivity index (χ2v) is 4.49. The predicted octanol–water partition coefficient (Wildman–Crippen LogP) is 3.05. The third-order valence-electron chi connectivity index (χ3n) is 2.95. The molecule has 0 atom stereocenters. The zero-order valence-electron chi connectivity index (χ0n) is 11.1. The van der Waals surface area contributed by atoms with Crippen LogP contribution in [0.3, 0.4) is 0 Å². The number of aromatic hydroxyl groups is 2. The van der Waals surface area contributed by atoms with Gasteiger partial charge >= 0.3 is 0 Å². The van der Waals surface area contributed by atoms with E-state index in [1.54, 1.807) is 42.5 Å². The normalized spacial score (nSPS) is 11.0. The minimum absolute atomic E-state index is 0.139. The summed E-state index contributed by atoms with van der Waals surface area (Å²) in [5, 5.41) is 26.0. The van der Waals surface area contributed by atoms with E-state index in [1.807, 2.05) is 18.2 Å². The number of hydrogen-bond donors (Lipinski definition) is 3. The van der Waals surface area contributed by atoms with Crippen molar-refractivity contribution in [3.8, 4) is 22.9 Å². The van der Waals surface area contributed by atoms with Crippen molar-refractivity contribution < 1.29 is 10.2 Å².